The summed E-state index contributed by atoms with van der Waals surface area (Å²) in [6, 6.07) is 7.50. The second-order valence-corrected chi connectivity index (χ2v) is 6.26. The highest BCUT2D eigenvalue weighted by atomic mass is 16.2. The summed E-state index contributed by atoms with van der Waals surface area (Å²) in [6.07, 6.45) is 0. The summed E-state index contributed by atoms with van der Waals surface area (Å²) < 4.78 is 0. The van der Waals surface area contributed by atoms with Crippen molar-refractivity contribution < 1.29 is 4.79 Å². The Labute approximate surface area is 116 Å². The number of nitrogens with two attached hydrogens (primary N) is 1. The number of nitrogens with one attached hydrogen (secondary N) is 1. The highest BCUT2D eigenvalue weighted by molar-refractivity contribution is 5.89. The summed E-state index contributed by atoms with van der Waals surface area (Å²) in [5, 5.41) is 2.89. The zero-order chi connectivity index (χ0) is 14.6. The van der Waals surface area contributed by atoms with Crippen LogP contribution in [-0.2, 0) is 0 Å². The van der Waals surface area contributed by atoms with Crippen molar-refractivity contribution in [3.05, 3.63) is 29.8 Å². The molecule has 0 aliphatic rings. The molecular formula is C15H25N3O. The van der Waals surface area contributed by atoms with E-state index in [1.165, 1.54) is 0 Å². The van der Waals surface area contributed by atoms with Gasteiger partial charge in [-0.05, 0) is 30.0 Å². The molecule has 1 rings (SSSR count). The zero-order valence-electron chi connectivity index (χ0n) is 12.5. The van der Waals surface area contributed by atoms with Crippen molar-refractivity contribution in [1.29, 1.82) is 0 Å². The normalized spacial score (nSPS) is 12.9. The molecule has 3 N–H and O–H groups in total. The molecule has 0 aromatic heterocycles. The molecule has 1 aromatic carbocycles. The summed E-state index contributed by atoms with van der Waals surface area (Å²) in [6.45, 7) is 8.94. The molecular weight excluding hydrogens is 238 g/mol. The topological polar surface area (TPSA) is 58.4 Å². The third kappa shape index (κ3) is 5.30. The Balaban J connectivity index is 2.69. The van der Waals surface area contributed by atoms with Crippen molar-refractivity contribution in [2.45, 2.75) is 33.7 Å². The molecule has 0 aliphatic carbocycles. The lowest BCUT2D eigenvalue weighted by molar-refractivity contribution is 0.201. The Kier molecular flexibility index (Phi) is 4.95. The number of hydrogen-bond donors (Lipinski definition) is 2. The molecule has 0 fully saturated rings. The molecule has 4 heteroatoms. The van der Waals surface area contributed by atoms with E-state index >= 15 is 0 Å². The van der Waals surface area contributed by atoms with Crippen LogP contribution in [0.4, 0.5) is 10.5 Å². The minimum atomic E-state index is -0.100. The molecule has 1 unspecified atom stereocenters. The van der Waals surface area contributed by atoms with Gasteiger partial charge in [0.25, 0.3) is 0 Å². The molecule has 4 nitrogen and oxygen atoms in total. The average Bonchev–Trinajstić information content (AvgIpc) is 2.27. The van der Waals surface area contributed by atoms with Gasteiger partial charge >= 0.3 is 6.03 Å². The first-order chi connectivity index (χ1) is 8.69. The fourth-order valence-electron chi connectivity index (χ4n) is 1.90. The standard InChI is InChI=1S/C15H25N3O/c1-11(16)12-7-6-8-13(9-12)17-14(19)18(5)10-15(2,3)4/h6-9,11H,10,16H2,1-5H3,(H,17,19). The number of amides is 2. The number of hydrogen-bond acceptors (Lipinski definition) is 2. The van der Waals surface area contributed by atoms with Crippen molar-refractivity contribution in [3.8, 4) is 0 Å². The first-order valence-corrected chi connectivity index (χ1v) is 6.57. The molecule has 106 valence electrons. The van der Waals surface area contributed by atoms with Crippen molar-refractivity contribution >= 4 is 11.7 Å². The van der Waals surface area contributed by atoms with Crippen LogP contribution in [0.2, 0.25) is 0 Å². The quantitative estimate of drug-likeness (QED) is 0.879. The zero-order valence-corrected chi connectivity index (χ0v) is 12.5. The number of carbonyl (C=O) groups excluding carboxylic acids is 1. The van der Waals surface area contributed by atoms with Gasteiger partial charge in [-0.25, -0.2) is 4.79 Å². The van der Waals surface area contributed by atoms with Gasteiger partial charge in [0.15, 0.2) is 0 Å². The second kappa shape index (κ2) is 6.06. The van der Waals surface area contributed by atoms with Gasteiger partial charge in [-0.15, -0.1) is 0 Å². The molecule has 19 heavy (non-hydrogen) atoms. The fourth-order valence-corrected chi connectivity index (χ4v) is 1.90. The number of anilines is 1. The van der Waals surface area contributed by atoms with E-state index < -0.39 is 0 Å². The minimum Gasteiger partial charge on any atom is -0.327 e. The van der Waals surface area contributed by atoms with E-state index in [1.807, 2.05) is 31.2 Å². The average molecular weight is 263 g/mol. The Bertz CT molecular complexity index is 435. The summed E-state index contributed by atoms with van der Waals surface area (Å²) in [5.74, 6) is 0. The van der Waals surface area contributed by atoms with Crippen LogP contribution in [0.25, 0.3) is 0 Å². The number of nitrogens with zero attached hydrogens (tertiary/aromatic N) is 1. The van der Waals surface area contributed by atoms with E-state index in [2.05, 4.69) is 26.1 Å². The maximum Gasteiger partial charge on any atom is 0.321 e. The predicted molar refractivity (Wildman–Crippen MR) is 80.1 cm³/mol. The van der Waals surface area contributed by atoms with E-state index in [1.54, 1.807) is 11.9 Å². The summed E-state index contributed by atoms with van der Waals surface area (Å²) in [5.41, 5.74) is 7.71. The fraction of sp³-hybridized carbons (Fsp3) is 0.533. The van der Waals surface area contributed by atoms with Crippen LogP contribution >= 0.6 is 0 Å². The summed E-state index contributed by atoms with van der Waals surface area (Å²) in [4.78, 5) is 13.7. The third-order valence-electron chi connectivity index (χ3n) is 2.72. The van der Waals surface area contributed by atoms with Gasteiger partial charge in [-0.2, -0.15) is 0 Å². The van der Waals surface area contributed by atoms with E-state index in [9.17, 15) is 4.79 Å². The van der Waals surface area contributed by atoms with Crippen LogP contribution in [0.1, 0.15) is 39.3 Å². The molecule has 1 aromatic rings. The van der Waals surface area contributed by atoms with Crippen LogP contribution in [0.5, 0.6) is 0 Å². The molecule has 0 saturated heterocycles. The maximum absolute atomic E-state index is 12.1. The Morgan fingerprint density at radius 3 is 2.58 bits per heavy atom. The number of urea groups is 1. The van der Waals surface area contributed by atoms with Gasteiger partial charge in [-0.3, -0.25) is 0 Å². The minimum absolute atomic E-state index is 0.0378. The molecule has 1 atom stereocenters. The first-order valence-electron chi connectivity index (χ1n) is 6.57. The van der Waals surface area contributed by atoms with Crippen LogP contribution < -0.4 is 11.1 Å². The molecule has 0 spiro atoms. The first kappa shape index (κ1) is 15.5. The molecule has 0 radical (unpaired) electrons. The Morgan fingerprint density at radius 2 is 2.05 bits per heavy atom. The van der Waals surface area contributed by atoms with E-state index in [0.717, 1.165) is 11.3 Å². The van der Waals surface area contributed by atoms with E-state index in [0.29, 0.717) is 6.54 Å². The van der Waals surface area contributed by atoms with Crippen LogP contribution in [0.3, 0.4) is 0 Å². The van der Waals surface area contributed by atoms with Crippen LogP contribution in [0.15, 0.2) is 24.3 Å². The number of benzene rings is 1. The number of rotatable bonds is 3. The molecule has 2 amide bonds. The number of carbonyl (C=O) groups is 1. The lowest BCUT2D eigenvalue weighted by atomic mass is 9.96. The SMILES string of the molecule is CC(N)c1cccc(NC(=O)N(C)CC(C)(C)C)c1. The highest BCUT2D eigenvalue weighted by Gasteiger charge is 2.17. The van der Waals surface area contributed by atoms with Crippen molar-refractivity contribution in [3.63, 3.8) is 0 Å². The highest BCUT2D eigenvalue weighted by Crippen LogP contribution is 2.17. The second-order valence-electron chi connectivity index (χ2n) is 6.26. The van der Waals surface area contributed by atoms with E-state index in [4.69, 9.17) is 5.73 Å². The monoisotopic (exact) mass is 263 g/mol. The predicted octanol–water partition coefficient (Wildman–Crippen LogP) is 3.22. The molecule has 0 saturated carbocycles. The van der Waals surface area contributed by atoms with Gasteiger partial charge in [-0.1, -0.05) is 32.9 Å². The Hall–Kier alpha value is -1.55. The van der Waals surface area contributed by atoms with Gasteiger partial charge in [0, 0.05) is 25.3 Å². The summed E-state index contributed by atoms with van der Waals surface area (Å²) >= 11 is 0. The van der Waals surface area contributed by atoms with E-state index in [-0.39, 0.29) is 17.5 Å². The van der Waals surface area contributed by atoms with Crippen molar-refractivity contribution in [1.82, 2.24) is 4.90 Å². The Morgan fingerprint density at radius 1 is 1.42 bits per heavy atom. The largest absolute Gasteiger partial charge is 0.327 e. The molecule has 0 aliphatic heterocycles. The van der Waals surface area contributed by atoms with Crippen LogP contribution in [0, 0.1) is 5.41 Å². The van der Waals surface area contributed by atoms with Gasteiger partial charge in [0.2, 0.25) is 0 Å². The smallest absolute Gasteiger partial charge is 0.321 e. The third-order valence-corrected chi connectivity index (χ3v) is 2.72. The van der Waals surface area contributed by atoms with Crippen molar-refractivity contribution in [2.75, 3.05) is 18.9 Å². The van der Waals surface area contributed by atoms with Crippen molar-refractivity contribution in [2.24, 2.45) is 11.1 Å². The van der Waals surface area contributed by atoms with Crippen LogP contribution in [-0.4, -0.2) is 24.5 Å². The van der Waals surface area contributed by atoms with Gasteiger partial charge in [0.1, 0.15) is 0 Å². The molecule has 0 bridgehead atoms. The summed E-state index contributed by atoms with van der Waals surface area (Å²) in [7, 11) is 1.80. The maximum atomic E-state index is 12.1. The lowest BCUT2D eigenvalue weighted by Gasteiger charge is -2.26. The lowest BCUT2D eigenvalue weighted by Crippen LogP contribution is -2.37. The van der Waals surface area contributed by atoms with Gasteiger partial charge in [0.05, 0.1) is 0 Å². The van der Waals surface area contributed by atoms with Gasteiger partial charge < -0.3 is 16.0 Å². The molecule has 0 heterocycles.